The molecule has 1 rings (SSSR count). The highest BCUT2D eigenvalue weighted by atomic mass is 16.4. The summed E-state index contributed by atoms with van der Waals surface area (Å²) in [6, 6.07) is 0. The number of nitrogens with one attached hydrogen (secondary N) is 1. The van der Waals surface area contributed by atoms with E-state index in [2.05, 4.69) is 5.32 Å². The monoisotopic (exact) mass is 242 g/mol. The maximum absolute atomic E-state index is 11.7. The minimum Gasteiger partial charge on any atom is -0.481 e. The Hall–Kier alpha value is -1.92. The van der Waals surface area contributed by atoms with Gasteiger partial charge in [-0.1, -0.05) is 6.92 Å². The molecular weight excluding hydrogens is 228 g/mol. The van der Waals surface area contributed by atoms with Gasteiger partial charge in [-0.05, 0) is 5.92 Å². The van der Waals surface area contributed by atoms with E-state index in [9.17, 15) is 19.2 Å². The molecule has 2 N–H and O–H groups in total. The average Bonchev–Trinajstić information content (AvgIpc) is 2.14. The molecular formula is C10H14N2O5. The van der Waals surface area contributed by atoms with Crippen molar-refractivity contribution in [1.29, 1.82) is 0 Å². The molecule has 0 bridgehead atoms. The molecule has 0 aliphatic carbocycles. The Morgan fingerprint density at radius 1 is 1.29 bits per heavy atom. The van der Waals surface area contributed by atoms with E-state index in [-0.39, 0.29) is 37.8 Å². The summed E-state index contributed by atoms with van der Waals surface area (Å²) in [6.45, 7) is 1.34. The molecule has 1 fully saturated rings. The second-order valence-corrected chi connectivity index (χ2v) is 4.13. The zero-order valence-corrected chi connectivity index (χ0v) is 9.43. The van der Waals surface area contributed by atoms with Gasteiger partial charge in [0.15, 0.2) is 0 Å². The third-order valence-corrected chi connectivity index (χ3v) is 2.35. The largest absolute Gasteiger partial charge is 0.481 e. The Morgan fingerprint density at radius 3 is 2.29 bits per heavy atom. The van der Waals surface area contributed by atoms with E-state index in [4.69, 9.17) is 5.11 Å². The number of carboxylic acids is 1. The summed E-state index contributed by atoms with van der Waals surface area (Å²) >= 11 is 0. The van der Waals surface area contributed by atoms with Gasteiger partial charge in [0.1, 0.15) is 13.1 Å². The predicted octanol–water partition coefficient (Wildman–Crippen LogP) is -1.03. The fourth-order valence-electron chi connectivity index (χ4n) is 1.61. The first-order valence-electron chi connectivity index (χ1n) is 5.20. The normalized spacial score (nSPS) is 17.6. The van der Waals surface area contributed by atoms with Gasteiger partial charge >= 0.3 is 5.97 Å². The van der Waals surface area contributed by atoms with Crippen molar-refractivity contribution in [2.24, 2.45) is 5.92 Å². The molecule has 1 saturated heterocycles. The lowest BCUT2D eigenvalue weighted by molar-refractivity contribution is -0.146. The van der Waals surface area contributed by atoms with Crippen molar-refractivity contribution in [1.82, 2.24) is 10.2 Å². The van der Waals surface area contributed by atoms with Gasteiger partial charge in [-0.2, -0.15) is 0 Å². The number of nitrogens with zero attached hydrogens (tertiary/aromatic N) is 1. The molecule has 1 aliphatic heterocycles. The van der Waals surface area contributed by atoms with Crippen molar-refractivity contribution in [3.05, 3.63) is 0 Å². The van der Waals surface area contributed by atoms with E-state index < -0.39 is 17.8 Å². The molecule has 1 heterocycles. The van der Waals surface area contributed by atoms with Crippen molar-refractivity contribution in [2.75, 3.05) is 13.1 Å². The van der Waals surface area contributed by atoms with Crippen LogP contribution in [0.4, 0.5) is 0 Å². The molecule has 0 spiro atoms. The zero-order chi connectivity index (χ0) is 13.0. The van der Waals surface area contributed by atoms with Crippen molar-refractivity contribution in [3.8, 4) is 0 Å². The molecule has 1 unspecified atom stereocenters. The molecule has 94 valence electrons. The van der Waals surface area contributed by atoms with Crippen LogP contribution in [0.15, 0.2) is 0 Å². The standard InChI is InChI=1S/C10H14N2O5/c1-6(3-10(16)17)2-9(15)12-4-7(13)11-8(14)5-12/h6H,2-5H2,1H3,(H,16,17)(H,11,13,14). The summed E-state index contributed by atoms with van der Waals surface area (Å²) < 4.78 is 0. The highest BCUT2D eigenvalue weighted by molar-refractivity contribution is 6.02. The van der Waals surface area contributed by atoms with E-state index in [1.54, 1.807) is 6.92 Å². The number of rotatable bonds is 4. The van der Waals surface area contributed by atoms with Gasteiger partial charge in [0, 0.05) is 12.8 Å². The Labute approximate surface area is 97.8 Å². The summed E-state index contributed by atoms with van der Waals surface area (Å²) in [5.41, 5.74) is 0. The van der Waals surface area contributed by atoms with E-state index in [0.717, 1.165) is 4.90 Å². The van der Waals surface area contributed by atoms with Gasteiger partial charge in [-0.25, -0.2) is 0 Å². The molecule has 0 aromatic rings. The second kappa shape index (κ2) is 5.42. The van der Waals surface area contributed by atoms with Crippen LogP contribution in [-0.2, 0) is 19.2 Å². The van der Waals surface area contributed by atoms with E-state index in [1.165, 1.54) is 0 Å². The fourth-order valence-corrected chi connectivity index (χ4v) is 1.61. The van der Waals surface area contributed by atoms with Crippen LogP contribution in [0.1, 0.15) is 19.8 Å². The molecule has 1 atom stereocenters. The van der Waals surface area contributed by atoms with Crippen LogP contribution in [0.5, 0.6) is 0 Å². The number of carbonyl (C=O) groups is 4. The molecule has 17 heavy (non-hydrogen) atoms. The number of carbonyl (C=O) groups excluding carboxylic acids is 3. The topological polar surface area (TPSA) is 104 Å². The lowest BCUT2D eigenvalue weighted by Crippen LogP contribution is -2.53. The number of amides is 3. The third kappa shape index (κ3) is 4.21. The number of carboxylic acid groups (broad SMARTS) is 1. The maximum atomic E-state index is 11.7. The third-order valence-electron chi connectivity index (χ3n) is 2.35. The Bertz CT molecular complexity index is 350. The van der Waals surface area contributed by atoms with Crippen LogP contribution in [-0.4, -0.2) is 46.8 Å². The molecule has 0 aromatic heterocycles. The highest BCUT2D eigenvalue weighted by Gasteiger charge is 2.27. The van der Waals surface area contributed by atoms with Crippen molar-refractivity contribution >= 4 is 23.7 Å². The molecule has 0 radical (unpaired) electrons. The van der Waals surface area contributed by atoms with Gasteiger partial charge in [-0.15, -0.1) is 0 Å². The van der Waals surface area contributed by atoms with Gasteiger partial charge < -0.3 is 10.0 Å². The van der Waals surface area contributed by atoms with Crippen LogP contribution in [0.2, 0.25) is 0 Å². The molecule has 0 saturated carbocycles. The number of hydrogen-bond donors (Lipinski definition) is 2. The first kappa shape index (κ1) is 13.1. The lowest BCUT2D eigenvalue weighted by atomic mass is 10.0. The average molecular weight is 242 g/mol. The Balaban J connectivity index is 2.49. The summed E-state index contributed by atoms with van der Waals surface area (Å²) in [7, 11) is 0. The van der Waals surface area contributed by atoms with Crippen LogP contribution < -0.4 is 5.32 Å². The van der Waals surface area contributed by atoms with Crippen LogP contribution in [0.25, 0.3) is 0 Å². The first-order valence-corrected chi connectivity index (χ1v) is 5.20. The van der Waals surface area contributed by atoms with Crippen LogP contribution in [0.3, 0.4) is 0 Å². The van der Waals surface area contributed by atoms with Gasteiger partial charge in [0.2, 0.25) is 17.7 Å². The van der Waals surface area contributed by atoms with E-state index >= 15 is 0 Å². The predicted molar refractivity (Wildman–Crippen MR) is 55.8 cm³/mol. The van der Waals surface area contributed by atoms with Gasteiger partial charge in [0.25, 0.3) is 0 Å². The van der Waals surface area contributed by atoms with Crippen molar-refractivity contribution in [3.63, 3.8) is 0 Å². The molecule has 7 heteroatoms. The summed E-state index contributed by atoms with van der Waals surface area (Å²) in [5, 5.41) is 10.6. The summed E-state index contributed by atoms with van der Waals surface area (Å²) in [4.78, 5) is 45.3. The SMILES string of the molecule is CC(CC(=O)O)CC(=O)N1CC(=O)NC(=O)C1. The molecule has 0 aromatic carbocycles. The summed E-state index contributed by atoms with van der Waals surface area (Å²) in [5.74, 6) is -2.69. The van der Waals surface area contributed by atoms with Crippen molar-refractivity contribution < 1.29 is 24.3 Å². The van der Waals surface area contributed by atoms with Crippen LogP contribution >= 0.6 is 0 Å². The van der Waals surface area contributed by atoms with Gasteiger partial charge in [0.05, 0.1) is 0 Å². The molecule has 1 aliphatic rings. The number of piperazine rings is 1. The van der Waals surface area contributed by atoms with Crippen molar-refractivity contribution in [2.45, 2.75) is 19.8 Å². The molecule has 7 nitrogen and oxygen atoms in total. The van der Waals surface area contributed by atoms with E-state index in [0.29, 0.717) is 0 Å². The minimum atomic E-state index is -0.974. The Kier molecular flexibility index (Phi) is 4.19. The van der Waals surface area contributed by atoms with Crippen LogP contribution in [0, 0.1) is 5.92 Å². The lowest BCUT2D eigenvalue weighted by Gasteiger charge is -2.26. The van der Waals surface area contributed by atoms with E-state index in [1.807, 2.05) is 0 Å². The smallest absolute Gasteiger partial charge is 0.303 e. The fraction of sp³-hybridized carbons (Fsp3) is 0.600. The number of hydrogen-bond acceptors (Lipinski definition) is 4. The first-order chi connectivity index (χ1) is 7.88. The highest BCUT2D eigenvalue weighted by Crippen LogP contribution is 2.10. The second-order valence-electron chi connectivity index (χ2n) is 4.13. The number of imide groups is 1. The zero-order valence-electron chi connectivity index (χ0n) is 9.43. The Morgan fingerprint density at radius 2 is 1.82 bits per heavy atom. The minimum absolute atomic E-state index is 0.0207. The number of aliphatic carboxylic acids is 1. The molecule has 3 amide bonds. The quantitative estimate of drug-likeness (QED) is 0.613. The maximum Gasteiger partial charge on any atom is 0.303 e. The summed E-state index contributed by atoms with van der Waals surface area (Å²) in [6.07, 6.45) is -0.0907. The van der Waals surface area contributed by atoms with Gasteiger partial charge in [-0.3, -0.25) is 24.5 Å².